The van der Waals surface area contributed by atoms with Gasteiger partial charge in [0.1, 0.15) is 0 Å². The van der Waals surface area contributed by atoms with E-state index in [1.807, 2.05) is 44.9 Å². The Kier molecular flexibility index (Phi) is 6.71. The lowest BCUT2D eigenvalue weighted by Gasteiger charge is -2.23. The van der Waals surface area contributed by atoms with E-state index in [1.165, 1.54) is 12.1 Å². The normalized spacial score (nSPS) is 11.3. The highest BCUT2D eigenvalue weighted by Crippen LogP contribution is 2.34. The molecule has 0 heterocycles. The number of aliphatic imine (C=N–C) groups is 1. The van der Waals surface area contributed by atoms with Crippen LogP contribution in [0.1, 0.15) is 18.1 Å². The number of anilines is 2. The zero-order valence-electron chi connectivity index (χ0n) is 16.1. The summed E-state index contributed by atoms with van der Waals surface area (Å²) in [7, 11) is 3.73. The van der Waals surface area contributed by atoms with E-state index < -0.39 is 18.2 Å². The van der Waals surface area contributed by atoms with Gasteiger partial charge in [0.05, 0.1) is 12.0 Å². The molecule has 0 saturated carbocycles. The van der Waals surface area contributed by atoms with Crippen molar-refractivity contribution in [2.45, 2.75) is 27.4 Å². The van der Waals surface area contributed by atoms with Gasteiger partial charge in [0.25, 0.3) is 0 Å². The molecule has 2 aromatic rings. The molecular weight excluding hydrogens is 355 g/mol. The predicted octanol–water partition coefficient (Wildman–Crippen LogP) is 5.42. The van der Waals surface area contributed by atoms with Gasteiger partial charge >= 0.3 is 6.61 Å². The van der Waals surface area contributed by atoms with E-state index in [1.54, 1.807) is 18.3 Å². The van der Waals surface area contributed by atoms with Crippen molar-refractivity contribution in [1.29, 1.82) is 0 Å². The van der Waals surface area contributed by atoms with Gasteiger partial charge in [-0.05, 0) is 56.2 Å². The van der Waals surface area contributed by atoms with Crippen LogP contribution in [-0.4, -0.2) is 38.5 Å². The summed E-state index contributed by atoms with van der Waals surface area (Å²) in [6.45, 7) is 3.70. The van der Waals surface area contributed by atoms with Crippen molar-refractivity contribution in [3.63, 3.8) is 0 Å². The third-order valence-corrected chi connectivity index (χ3v) is 4.29. The van der Waals surface area contributed by atoms with Crippen LogP contribution in [-0.2, 0) is 0 Å². The zero-order chi connectivity index (χ0) is 20.1. The van der Waals surface area contributed by atoms with Gasteiger partial charge in [0.15, 0.2) is 11.6 Å². The van der Waals surface area contributed by atoms with Crippen LogP contribution >= 0.6 is 0 Å². The van der Waals surface area contributed by atoms with Gasteiger partial charge in [-0.15, -0.1) is 0 Å². The molecule has 0 spiro atoms. The molecule has 0 unspecified atom stereocenters. The third-order valence-electron chi connectivity index (χ3n) is 4.29. The molecule has 4 nitrogen and oxygen atoms in total. The van der Waals surface area contributed by atoms with E-state index in [0.29, 0.717) is 5.69 Å². The van der Waals surface area contributed by atoms with Gasteiger partial charge in [-0.2, -0.15) is 8.78 Å². The summed E-state index contributed by atoms with van der Waals surface area (Å²) in [5.74, 6) is -1.31. The fourth-order valence-electron chi connectivity index (χ4n) is 2.55. The largest absolute Gasteiger partial charge is 0.432 e. The molecule has 0 amide bonds. The van der Waals surface area contributed by atoms with Gasteiger partial charge < -0.3 is 14.5 Å². The number of halogens is 3. The average molecular weight is 379 g/mol. The molecule has 0 saturated heterocycles. The first kappa shape index (κ1) is 20.6. The molecule has 0 radical (unpaired) electrons. The fourth-order valence-corrected chi connectivity index (χ4v) is 2.55. The quantitative estimate of drug-likeness (QED) is 0.475. The van der Waals surface area contributed by atoms with Crippen molar-refractivity contribution in [2.24, 2.45) is 4.99 Å². The number of aryl methyl sites for hydroxylation is 2. The molecular formula is C20H24F3N3O. The molecule has 0 aliphatic rings. The van der Waals surface area contributed by atoms with Crippen LogP contribution in [0.2, 0.25) is 0 Å². The van der Waals surface area contributed by atoms with Crippen LogP contribution in [0.5, 0.6) is 5.75 Å². The number of hydrogen-bond donors (Lipinski definition) is 0. The summed E-state index contributed by atoms with van der Waals surface area (Å²) in [4.78, 5) is 8.27. The second-order valence-electron chi connectivity index (χ2n) is 6.30. The molecule has 27 heavy (non-hydrogen) atoms. The predicted molar refractivity (Wildman–Crippen MR) is 103 cm³/mol. The first-order valence-corrected chi connectivity index (χ1v) is 8.56. The van der Waals surface area contributed by atoms with Crippen LogP contribution < -0.4 is 9.64 Å². The highest BCUT2D eigenvalue weighted by Gasteiger charge is 2.15. The highest BCUT2D eigenvalue weighted by molar-refractivity contribution is 5.72. The maximum atomic E-state index is 13.7. The summed E-state index contributed by atoms with van der Waals surface area (Å²) in [6.07, 6.45) is 1.78. The molecule has 0 fully saturated rings. The Labute approximate surface area is 157 Å². The number of rotatable bonds is 7. The Morgan fingerprint density at radius 1 is 1.11 bits per heavy atom. The lowest BCUT2D eigenvalue weighted by Crippen LogP contribution is -2.14. The van der Waals surface area contributed by atoms with Crippen LogP contribution in [0.4, 0.5) is 30.2 Å². The summed E-state index contributed by atoms with van der Waals surface area (Å²) in [5, 5.41) is 0. The fraction of sp³-hybridized carbons (Fsp3) is 0.350. The van der Waals surface area contributed by atoms with Crippen LogP contribution in [0.3, 0.4) is 0 Å². The number of ether oxygens (including phenoxy) is 1. The van der Waals surface area contributed by atoms with Crippen molar-refractivity contribution in [2.75, 3.05) is 25.5 Å². The van der Waals surface area contributed by atoms with E-state index in [2.05, 4.69) is 9.73 Å². The van der Waals surface area contributed by atoms with Gasteiger partial charge in [0.2, 0.25) is 0 Å². The summed E-state index contributed by atoms with van der Waals surface area (Å²) >= 11 is 0. The minimum Gasteiger partial charge on any atom is -0.432 e. The van der Waals surface area contributed by atoms with Gasteiger partial charge in [-0.25, -0.2) is 9.38 Å². The molecule has 0 aliphatic heterocycles. The average Bonchev–Trinajstić information content (AvgIpc) is 2.62. The third kappa shape index (κ3) is 5.15. The highest BCUT2D eigenvalue weighted by atomic mass is 19.3. The monoisotopic (exact) mass is 379 g/mol. The Hall–Kier alpha value is -2.70. The molecule has 0 aromatic heterocycles. The maximum absolute atomic E-state index is 13.7. The Morgan fingerprint density at radius 2 is 1.81 bits per heavy atom. The Bertz CT molecular complexity index is 824. The van der Waals surface area contributed by atoms with E-state index in [0.717, 1.165) is 35.1 Å². The molecule has 0 N–H and O–H groups in total. The smallest absolute Gasteiger partial charge is 0.387 e. The maximum Gasteiger partial charge on any atom is 0.387 e. The van der Waals surface area contributed by atoms with E-state index in [9.17, 15) is 13.2 Å². The second-order valence-corrected chi connectivity index (χ2v) is 6.30. The molecule has 0 bridgehead atoms. The zero-order valence-corrected chi connectivity index (χ0v) is 16.1. The summed E-state index contributed by atoms with van der Waals surface area (Å²) < 4.78 is 42.8. The standard InChI is InChI=1S/C20H24F3N3O/c1-6-25(4)12-24-17-9-14(3)18(10-13(17)2)26(5)15-7-8-16(21)19(11-15)27-20(22)23/h7-12,20H,6H2,1-5H3/b24-12-. The van der Waals surface area contributed by atoms with Gasteiger partial charge in [-0.3, -0.25) is 0 Å². The number of alkyl halides is 2. The van der Waals surface area contributed by atoms with E-state index >= 15 is 0 Å². The molecule has 7 heteroatoms. The molecule has 2 aromatic carbocycles. The lowest BCUT2D eigenvalue weighted by atomic mass is 10.1. The summed E-state index contributed by atoms with van der Waals surface area (Å²) in [6, 6.07) is 7.82. The van der Waals surface area contributed by atoms with Crippen LogP contribution in [0, 0.1) is 19.7 Å². The van der Waals surface area contributed by atoms with Crippen LogP contribution in [0.15, 0.2) is 35.3 Å². The minimum absolute atomic E-state index is 0.479. The summed E-state index contributed by atoms with van der Waals surface area (Å²) in [5.41, 5.74) is 4.18. The first-order chi connectivity index (χ1) is 12.7. The minimum atomic E-state index is -3.08. The van der Waals surface area contributed by atoms with Crippen molar-refractivity contribution < 1.29 is 17.9 Å². The SMILES string of the molecule is CCN(C)/C=N\c1cc(C)c(N(C)c2ccc(F)c(OC(F)F)c2)cc1C. The Morgan fingerprint density at radius 3 is 2.44 bits per heavy atom. The lowest BCUT2D eigenvalue weighted by molar-refractivity contribution is -0.0521. The molecule has 0 atom stereocenters. The second kappa shape index (κ2) is 8.79. The first-order valence-electron chi connectivity index (χ1n) is 8.56. The van der Waals surface area contributed by atoms with Crippen molar-refractivity contribution >= 4 is 23.4 Å². The van der Waals surface area contributed by atoms with E-state index in [-0.39, 0.29) is 0 Å². The molecule has 146 valence electrons. The van der Waals surface area contributed by atoms with Crippen molar-refractivity contribution in [1.82, 2.24) is 4.90 Å². The van der Waals surface area contributed by atoms with Crippen molar-refractivity contribution in [3.8, 4) is 5.75 Å². The van der Waals surface area contributed by atoms with Gasteiger partial charge in [0, 0.05) is 38.1 Å². The van der Waals surface area contributed by atoms with E-state index in [4.69, 9.17) is 0 Å². The van der Waals surface area contributed by atoms with Crippen molar-refractivity contribution in [3.05, 3.63) is 47.3 Å². The van der Waals surface area contributed by atoms with Gasteiger partial charge in [-0.1, -0.05) is 0 Å². The molecule has 2 rings (SSSR count). The Balaban J connectivity index is 2.35. The topological polar surface area (TPSA) is 28.1 Å². The molecule has 0 aliphatic carbocycles. The number of nitrogens with zero attached hydrogens (tertiary/aromatic N) is 3. The van der Waals surface area contributed by atoms with Crippen LogP contribution in [0.25, 0.3) is 0 Å². The number of hydrogen-bond acceptors (Lipinski definition) is 3. The number of benzene rings is 2.